The molecule has 0 spiro atoms. The topological polar surface area (TPSA) is 105 Å². The molecule has 7 heteroatoms. The summed E-state index contributed by atoms with van der Waals surface area (Å²) in [6.45, 7) is 1.66. The summed E-state index contributed by atoms with van der Waals surface area (Å²) in [7, 11) is 0. The van der Waals surface area contributed by atoms with Crippen LogP contribution in [0.5, 0.6) is 0 Å². The van der Waals surface area contributed by atoms with Crippen molar-refractivity contribution in [1.82, 2.24) is 0 Å². The molecule has 0 radical (unpaired) electrons. The molecule has 0 aromatic heterocycles. The van der Waals surface area contributed by atoms with Crippen molar-refractivity contribution in [2.45, 2.75) is 19.4 Å². The van der Waals surface area contributed by atoms with Gasteiger partial charge in [-0.05, 0) is 6.42 Å². The Kier molecular flexibility index (Phi) is 2.36. The molecule has 1 atom stereocenters. The maximum Gasteiger partial charge on any atom is 0.359 e. The van der Waals surface area contributed by atoms with Gasteiger partial charge in [-0.2, -0.15) is 5.10 Å². The summed E-state index contributed by atoms with van der Waals surface area (Å²) in [5, 5.41) is 25.7. The SMILES string of the molecule is CCC1=NN=C(C(=O)O)[C@@H]1[N+](=O)[O-]. The van der Waals surface area contributed by atoms with E-state index < -0.39 is 22.6 Å². The monoisotopic (exact) mass is 185 g/mol. The predicted octanol–water partition coefficient (Wildman–Crippen LogP) is -0.0631. The molecular weight excluding hydrogens is 178 g/mol. The van der Waals surface area contributed by atoms with Crippen LogP contribution in [0.3, 0.4) is 0 Å². The predicted molar refractivity (Wildman–Crippen MR) is 43.6 cm³/mol. The molecular formula is C6H7N3O4. The van der Waals surface area contributed by atoms with E-state index in [2.05, 4.69) is 10.2 Å². The smallest absolute Gasteiger partial charge is 0.359 e. The second-order valence-corrected chi connectivity index (χ2v) is 2.42. The molecule has 7 nitrogen and oxygen atoms in total. The van der Waals surface area contributed by atoms with Gasteiger partial charge in [-0.25, -0.2) is 4.79 Å². The number of hydrogen-bond acceptors (Lipinski definition) is 5. The quantitative estimate of drug-likeness (QED) is 0.490. The molecule has 0 unspecified atom stereocenters. The molecule has 1 aliphatic heterocycles. The van der Waals surface area contributed by atoms with Crippen molar-refractivity contribution < 1.29 is 14.8 Å². The van der Waals surface area contributed by atoms with Gasteiger partial charge < -0.3 is 5.11 Å². The Morgan fingerprint density at radius 1 is 1.69 bits per heavy atom. The number of carbonyl (C=O) groups is 1. The normalized spacial score (nSPS) is 20.8. The van der Waals surface area contributed by atoms with Gasteiger partial charge in [0, 0.05) is 4.92 Å². The Hall–Kier alpha value is -1.79. The number of nitro groups is 1. The minimum absolute atomic E-state index is 0.183. The number of nitrogens with zero attached hydrogens (tertiary/aromatic N) is 3. The van der Waals surface area contributed by atoms with Crippen molar-refractivity contribution in [3.63, 3.8) is 0 Å². The first-order valence-electron chi connectivity index (χ1n) is 3.59. The summed E-state index contributed by atoms with van der Waals surface area (Å²) in [6, 6.07) is -1.37. The van der Waals surface area contributed by atoms with Crippen LogP contribution in [0.1, 0.15) is 13.3 Å². The van der Waals surface area contributed by atoms with E-state index >= 15 is 0 Å². The third kappa shape index (κ3) is 1.53. The van der Waals surface area contributed by atoms with Gasteiger partial charge in [-0.3, -0.25) is 10.1 Å². The lowest BCUT2D eigenvalue weighted by Crippen LogP contribution is -2.38. The lowest BCUT2D eigenvalue weighted by atomic mass is 10.1. The van der Waals surface area contributed by atoms with Gasteiger partial charge in [0.05, 0.1) is 0 Å². The molecule has 0 saturated carbocycles. The van der Waals surface area contributed by atoms with Crippen LogP contribution >= 0.6 is 0 Å². The summed E-state index contributed by atoms with van der Waals surface area (Å²) < 4.78 is 0. The van der Waals surface area contributed by atoms with Crippen LogP contribution in [0.15, 0.2) is 10.2 Å². The highest BCUT2D eigenvalue weighted by Gasteiger charge is 2.40. The first-order chi connectivity index (χ1) is 6.07. The summed E-state index contributed by atoms with van der Waals surface area (Å²) >= 11 is 0. The molecule has 0 aliphatic carbocycles. The van der Waals surface area contributed by atoms with E-state index in [9.17, 15) is 14.9 Å². The molecule has 0 amide bonds. The lowest BCUT2D eigenvalue weighted by molar-refractivity contribution is -0.484. The van der Waals surface area contributed by atoms with Gasteiger partial charge in [0.1, 0.15) is 5.71 Å². The second kappa shape index (κ2) is 3.30. The van der Waals surface area contributed by atoms with Crippen LogP contribution in [0, 0.1) is 10.1 Å². The van der Waals surface area contributed by atoms with E-state index in [4.69, 9.17) is 5.11 Å². The Morgan fingerprint density at radius 3 is 2.69 bits per heavy atom. The van der Waals surface area contributed by atoms with Gasteiger partial charge in [0.15, 0.2) is 0 Å². The lowest BCUT2D eigenvalue weighted by Gasteiger charge is -2.02. The maximum atomic E-state index is 10.5. The van der Waals surface area contributed by atoms with E-state index in [-0.39, 0.29) is 5.71 Å². The van der Waals surface area contributed by atoms with Crippen LogP contribution < -0.4 is 0 Å². The number of hydrogen-bond donors (Lipinski definition) is 1. The molecule has 70 valence electrons. The molecule has 0 bridgehead atoms. The molecule has 1 heterocycles. The Balaban J connectivity index is 2.96. The van der Waals surface area contributed by atoms with Crippen molar-refractivity contribution in [1.29, 1.82) is 0 Å². The van der Waals surface area contributed by atoms with Gasteiger partial charge in [-0.15, -0.1) is 5.10 Å². The largest absolute Gasteiger partial charge is 0.476 e. The molecule has 0 fully saturated rings. The summed E-state index contributed by atoms with van der Waals surface area (Å²) in [6.07, 6.45) is 0.325. The van der Waals surface area contributed by atoms with Crippen LogP contribution in [0.25, 0.3) is 0 Å². The minimum atomic E-state index is -1.39. The van der Waals surface area contributed by atoms with E-state index in [0.717, 1.165) is 0 Å². The average Bonchev–Trinajstić information content (AvgIpc) is 2.46. The van der Waals surface area contributed by atoms with Gasteiger partial charge in [0.25, 0.3) is 0 Å². The second-order valence-electron chi connectivity index (χ2n) is 2.42. The first kappa shape index (κ1) is 9.30. The zero-order valence-corrected chi connectivity index (χ0v) is 6.80. The van der Waals surface area contributed by atoms with Crippen molar-refractivity contribution in [3.05, 3.63) is 10.1 Å². The Morgan fingerprint density at radius 2 is 2.31 bits per heavy atom. The third-order valence-electron chi connectivity index (χ3n) is 1.65. The first-order valence-corrected chi connectivity index (χ1v) is 3.59. The molecule has 0 aromatic rings. The van der Waals surface area contributed by atoms with Crippen LogP contribution in [0.2, 0.25) is 0 Å². The van der Waals surface area contributed by atoms with Gasteiger partial charge >= 0.3 is 12.0 Å². The molecule has 13 heavy (non-hydrogen) atoms. The standard InChI is InChI=1S/C6H7N3O4/c1-2-3-5(9(12)13)4(6(10)11)8-7-3/h5H,2H2,1H3,(H,10,11)/t5-/m1/s1. The van der Waals surface area contributed by atoms with Crippen molar-refractivity contribution >= 4 is 17.4 Å². The van der Waals surface area contributed by atoms with E-state index in [1.165, 1.54) is 0 Å². The molecule has 0 saturated heterocycles. The van der Waals surface area contributed by atoms with E-state index in [0.29, 0.717) is 6.42 Å². The Bertz CT molecular complexity index is 320. The fourth-order valence-electron chi connectivity index (χ4n) is 1.03. The third-order valence-corrected chi connectivity index (χ3v) is 1.65. The summed E-state index contributed by atoms with van der Waals surface area (Å²) in [4.78, 5) is 20.2. The fraction of sp³-hybridized carbons (Fsp3) is 0.500. The highest BCUT2D eigenvalue weighted by atomic mass is 16.6. The molecule has 1 aliphatic rings. The van der Waals surface area contributed by atoms with Crippen LogP contribution in [-0.2, 0) is 4.79 Å². The summed E-state index contributed by atoms with van der Waals surface area (Å²) in [5.41, 5.74) is -0.329. The Labute approximate surface area is 72.9 Å². The molecule has 1 rings (SSSR count). The number of rotatable bonds is 3. The number of carboxylic acid groups (broad SMARTS) is 1. The minimum Gasteiger partial charge on any atom is -0.476 e. The van der Waals surface area contributed by atoms with E-state index in [1.807, 2.05) is 0 Å². The zero-order valence-electron chi connectivity index (χ0n) is 6.80. The number of carboxylic acids is 1. The van der Waals surface area contributed by atoms with E-state index in [1.54, 1.807) is 6.92 Å². The molecule has 1 N–H and O–H groups in total. The zero-order chi connectivity index (χ0) is 10.0. The van der Waals surface area contributed by atoms with Gasteiger partial charge in [-0.1, -0.05) is 6.92 Å². The fourth-order valence-corrected chi connectivity index (χ4v) is 1.03. The highest BCUT2D eigenvalue weighted by Crippen LogP contribution is 2.10. The highest BCUT2D eigenvalue weighted by molar-refractivity contribution is 6.43. The average molecular weight is 185 g/mol. The van der Waals surface area contributed by atoms with Crippen LogP contribution in [0.4, 0.5) is 0 Å². The van der Waals surface area contributed by atoms with Gasteiger partial charge in [0.2, 0.25) is 5.71 Å². The maximum absolute atomic E-state index is 10.5. The van der Waals surface area contributed by atoms with Crippen molar-refractivity contribution in [2.24, 2.45) is 10.2 Å². The summed E-state index contributed by atoms with van der Waals surface area (Å²) in [5.74, 6) is -1.39. The van der Waals surface area contributed by atoms with Crippen molar-refractivity contribution in [2.75, 3.05) is 0 Å². The van der Waals surface area contributed by atoms with Crippen LogP contribution in [-0.4, -0.2) is 33.5 Å². The van der Waals surface area contributed by atoms with Crippen molar-refractivity contribution in [3.8, 4) is 0 Å². The number of aliphatic carboxylic acids is 1. The molecule has 0 aromatic carbocycles.